The van der Waals surface area contributed by atoms with E-state index >= 15 is 0 Å². The topological polar surface area (TPSA) is 71.3 Å². The Bertz CT molecular complexity index is 787. The molecule has 24 heavy (non-hydrogen) atoms. The van der Waals surface area contributed by atoms with E-state index in [-0.39, 0.29) is 11.8 Å². The molecule has 2 saturated heterocycles. The van der Waals surface area contributed by atoms with Crippen LogP contribution in [-0.2, 0) is 11.8 Å². The average Bonchev–Trinajstić information content (AvgIpc) is 3.30. The number of hydrogen-bond donors (Lipinski definition) is 0. The van der Waals surface area contributed by atoms with Gasteiger partial charge in [0.25, 0.3) is 5.91 Å². The van der Waals surface area contributed by atoms with Gasteiger partial charge in [-0.25, -0.2) is 0 Å². The van der Waals surface area contributed by atoms with Crippen LogP contribution < -0.4 is 4.90 Å². The molecule has 0 aliphatic carbocycles. The molecule has 0 aromatic carbocycles. The lowest BCUT2D eigenvalue weighted by Gasteiger charge is -2.23. The number of pyridine rings is 1. The smallest absolute Gasteiger partial charge is 0.272 e. The van der Waals surface area contributed by atoms with Crippen LogP contribution in [0.1, 0.15) is 23.3 Å². The fraction of sp³-hybridized carbons (Fsp3) is 0.412. The minimum atomic E-state index is -0.458. The molecule has 2 aromatic heterocycles. The van der Waals surface area contributed by atoms with Crippen molar-refractivity contribution >= 4 is 17.5 Å². The summed E-state index contributed by atoms with van der Waals surface area (Å²) in [7, 11) is 1.84. The molecular formula is C17H19N5O2. The fourth-order valence-corrected chi connectivity index (χ4v) is 3.69. The van der Waals surface area contributed by atoms with Gasteiger partial charge in [-0.1, -0.05) is 6.07 Å². The van der Waals surface area contributed by atoms with Gasteiger partial charge in [0.2, 0.25) is 5.91 Å². The molecule has 124 valence electrons. The number of carbonyl (C=O) groups is 2. The third kappa shape index (κ3) is 2.28. The van der Waals surface area contributed by atoms with Gasteiger partial charge >= 0.3 is 0 Å². The quantitative estimate of drug-likeness (QED) is 0.828. The third-order valence-corrected chi connectivity index (χ3v) is 5.04. The summed E-state index contributed by atoms with van der Waals surface area (Å²) < 4.78 is 1.69. The monoisotopic (exact) mass is 325 g/mol. The Morgan fingerprint density at radius 2 is 2.08 bits per heavy atom. The molecular weight excluding hydrogens is 306 g/mol. The molecule has 4 heterocycles. The fourth-order valence-electron chi connectivity index (χ4n) is 3.69. The van der Waals surface area contributed by atoms with Crippen LogP contribution in [0.15, 0.2) is 36.8 Å². The van der Waals surface area contributed by atoms with Gasteiger partial charge in [0, 0.05) is 39.1 Å². The van der Waals surface area contributed by atoms with Crippen molar-refractivity contribution in [3.63, 3.8) is 0 Å². The van der Waals surface area contributed by atoms with Gasteiger partial charge in [0.1, 0.15) is 5.69 Å². The first-order valence-electron chi connectivity index (χ1n) is 8.10. The van der Waals surface area contributed by atoms with E-state index in [9.17, 15) is 9.59 Å². The minimum absolute atomic E-state index is 0.0971. The van der Waals surface area contributed by atoms with Gasteiger partial charge in [-0.3, -0.25) is 19.3 Å². The summed E-state index contributed by atoms with van der Waals surface area (Å²) in [6.45, 7) is 1.75. The summed E-state index contributed by atoms with van der Waals surface area (Å²) in [6.07, 6.45) is 6.66. The first-order chi connectivity index (χ1) is 11.6. The molecule has 2 aliphatic rings. The molecule has 0 unspecified atom stereocenters. The van der Waals surface area contributed by atoms with Crippen molar-refractivity contribution in [3.8, 4) is 0 Å². The van der Waals surface area contributed by atoms with Crippen molar-refractivity contribution in [2.75, 3.05) is 24.5 Å². The molecule has 7 nitrogen and oxygen atoms in total. The van der Waals surface area contributed by atoms with Gasteiger partial charge in [0.15, 0.2) is 0 Å². The second-order valence-electron chi connectivity index (χ2n) is 6.55. The van der Waals surface area contributed by atoms with Crippen molar-refractivity contribution < 1.29 is 9.59 Å². The molecule has 0 radical (unpaired) electrons. The van der Waals surface area contributed by atoms with Gasteiger partial charge in [-0.05, 0) is 25.0 Å². The first-order valence-corrected chi connectivity index (χ1v) is 8.10. The van der Waals surface area contributed by atoms with E-state index < -0.39 is 5.41 Å². The Kier molecular flexibility index (Phi) is 3.37. The summed E-state index contributed by atoms with van der Waals surface area (Å²) in [5.41, 5.74) is 0.804. The number of likely N-dealkylation sites (tertiary alicyclic amines) is 1. The number of anilines is 1. The maximum Gasteiger partial charge on any atom is 0.272 e. The predicted octanol–water partition coefficient (Wildman–Crippen LogP) is 1.08. The molecule has 0 bridgehead atoms. The van der Waals surface area contributed by atoms with Crippen molar-refractivity contribution in [1.29, 1.82) is 0 Å². The molecule has 1 atom stereocenters. The molecule has 4 rings (SSSR count). The number of rotatable bonds is 2. The highest BCUT2D eigenvalue weighted by Crippen LogP contribution is 2.42. The zero-order chi connectivity index (χ0) is 16.7. The van der Waals surface area contributed by atoms with Crippen molar-refractivity contribution in [2.24, 2.45) is 12.5 Å². The number of carbonyl (C=O) groups excluding carboxylic acids is 2. The third-order valence-electron chi connectivity index (χ3n) is 5.04. The molecule has 2 fully saturated rings. The highest BCUT2D eigenvalue weighted by atomic mass is 16.2. The SMILES string of the molecule is Cn1cc(N2CC[C@]3(CCN(C(=O)c4ccccn4)C3)C2=O)cn1. The standard InChI is InChI=1S/C17H19N5O2/c1-20-11-13(10-19-20)22-9-6-17(16(22)24)5-8-21(12-17)15(23)14-4-2-3-7-18-14/h2-4,7,10-11H,5-6,8-9,12H2,1H3/t17-/m0/s1. The van der Waals surface area contributed by atoms with Crippen molar-refractivity contribution in [3.05, 3.63) is 42.5 Å². The van der Waals surface area contributed by atoms with Crippen LogP contribution in [0.4, 0.5) is 5.69 Å². The second kappa shape index (κ2) is 5.43. The normalized spacial score (nSPS) is 23.5. The number of aromatic nitrogens is 3. The molecule has 1 spiro atoms. The number of nitrogens with zero attached hydrogens (tertiary/aromatic N) is 5. The summed E-state index contributed by atoms with van der Waals surface area (Å²) in [5.74, 6) is 0.00641. The van der Waals surface area contributed by atoms with E-state index in [1.807, 2.05) is 13.2 Å². The summed E-state index contributed by atoms with van der Waals surface area (Å²) in [5, 5.41) is 4.14. The van der Waals surface area contributed by atoms with E-state index in [4.69, 9.17) is 0 Å². The van der Waals surface area contributed by atoms with Gasteiger partial charge in [-0.2, -0.15) is 5.10 Å². The molecule has 2 aromatic rings. The minimum Gasteiger partial charge on any atom is -0.336 e. The zero-order valence-electron chi connectivity index (χ0n) is 13.6. The van der Waals surface area contributed by atoms with E-state index in [0.717, 1.165) is 12.1 Å². The van der Waals surface area contributed by atoms with Crippen LogP contribution >= 0.6 is 0 Å². The number of hydrogen-bond acceptors (Lipinski definition) is 4. The lowest BCUT2D eigenvalue weighted by atomic mass is 9.85. The van der Waals surface area contributed by atoms with Crippen LogP contribution in [0.5, 0.6) is 0 Å². The number of aryl methyl sites for hydroxylation is 1. The van der Waals surface area contributed by atoms with E-state index in [0.29, 0.717) is 31.7 Å². The van der Waals surface area contributed by atoms with Crippen molar-refractivity contribution in [1.82, 2.24) is 19.7 Å². The lowest BCUT2D eigenvalue weighted by molar-refractivity contribution is -0.124. The molecule has 0 saturated carbocycles. The van der Waals surface area contributed by atoms with Gasteiger partial charge in [0.05, 0.1) is 17.3 Å². The largest absolute Gasteiger partial charge is 0.336 e. The van der Waals surface area contributed by atoms with Crippen LogP contribution in [0.3, 0.4) is 0 Å². The molecule has 0 N–H and O–H groups in total. The Morgan fingerprint density at radius 3 is 2.79 bits per heavy atom. The van der Waals surface area contributed by atoms with Crippen LogP contribution in [0, 0.1) is 5.41 Å². The van der Waals surface area contributed by atoms with Crippen LogP contribution in [-0.4, -0.2) is 51.1 Å². The maximum absolute atomic E-state index is 13.0. The van der Waals surface area contributed by atoms with Crippen LogP contribution in [0.25, 0.3) is 0 Å². The van der Waals surface area contributed by atoms with E-state index in [2.05, 4.69) is 10.1 Å². The Hall–Kier alpha value is -2.70. The van der Waals surface area contributed by atoms with Gasteiger partial charge in [-0.15, -0.1) is 0 Å². The molecule has 7 heteroatoms. The lowest BCUT2D eigenvalue weighted by Crippen LogP contribution is -2.38. The molecule has 2 aliphatic heterocycles. The second-order valence-corrected chi connectivity index (χ2v) is 6.55. The van der Waals surface area contributed by atoms with E-state index in [1.165, 1.54) is 0 Å². The Morgan fingerprint density at radius 1 is 1.25 bits per heavy atom. The predicted molar refractivity (Wildman–Crippen MR) is 87.4 cm³/mol. The first kappa shape index (κ1) is 14.9. The zero-order valence-corrected chi connectivity index (χ0v) is 13.6. The average molecular weight is 325 g/mol. The maximum atomic E-state index is 13.0. The van der Waals surface area contributed by atoms with Crippen molar-refractivity contribution in [2.45, 2.75) is 12.8 Å². The summed E-state index contributed by atoms with van der Waals surface area (Å²) in [4.78, 5) is 33.2. The summed E-state index contributed by atoms with van der Waals surface area (Å²) in [6, 6.07) is 5.30. The highest BCUT2D eigenvalue weighted by Gasteiger charge is 2.52. The Labute approximate surface area is 139 Å². The number of amides is 2. The van der Waals surface area contributed by atoms with Crippen LogP contribution in [0.2, 0.25) is 0 Å². The van der Waals surface area contributed by atoms with E-state index in [1.54, 1.807) is 45.1 Å². The molecule has 2 amide bonds. The highest BCUT2D eigenvalue weighted by molar-refractivity contribution is 6.01. The van der Waals surface area contributed by atoms with Gasteiger partial charge < -0.3 is 9.80 Å². The Balaban J connectivity index is 1.52. The summed E-state index contributed by atoms with van der Waals surface area (Å²) >= 11 is 0.